The summed E-state index contributed by atoms with van der Waals surface area (Å²) in [5, 5.41) is 11.7. The Hall–Kier alpha value is -2.61. The molecule has 8 heteroatoms. The average molecular weight is 413 g/mol. The molecule has 0 aliphatic rings. The SMILES string of the molecule is CSc1nc2nc(C)c(CC(=O)NCC(Nc3ccccc3)C(C)C)c(C)n2n1. The lowest BCUT2D eigenvalue weighted by atomic mass is 10.0. The first-order chi connectivity index (χ1) is 13.9. The summed E-state index contributed by atoms with van der Waals surface area (Å²) < 4.78 is 1.72. The number of hydrogen-bond acceptors (Lipinski definition) is 6. The van der Waals surface area contributed by atoms with Crippen LogP contribution in [0.1, 0.15) is 30.8 Å². The third-order valence-electron chi connectivity index (χ3n) is 5.00. The van der Waals surface area contributed by atoms with Crippen LogP contribution < -0.4 is 10.6 Å². The van der Waals surface area contributed by atoms with Crippen molar-refractivity contribution in [3.05, 3.63) is 47.3 Å². The quantitative estimate of drug-likeness (QED) is 0.553. The molecule has 2 heterocycles. The van der Waals surface area contributed by atoms with Crippen molar-refractivity contribution in [3.8, 4) is 0 Å². The number of aromatic nitrogens is 4. The Kier molecular flexibility index (Phi) is 6.74. The number of aryl methyl sites for hydroxylation is 2. The monoisotopic (exact) mass is 412 g/mol. The molecule has 29 heavy (non-hydrogen) atoms. The van der Waals surface area contributed by atoms with Crippen LogP contribution in [0.15, 0.2) is 35.5 Å². The van der Waals surface area contributed by atoms with E-state index in [0.717, 1.165) is 22.6 Å². The molecule has 2 aromatic heterocycles. The van der Waals surface area contributed by atoms with Crippen LogP contribution in [0.4, 0.5) is 5.69 Å². The highest BCUT2D eigenvalue weighted by atomic mass is 32.2. The zero-order valence-electron chi connectivity index (χ0n) is 17.6. The van der Waals surface area contributed by atoms with Crippen LogP contribution in [-0.2, 0) is 11.2 Å². The van der Waals surface area contributed by atoms with Gasteiger partial charge >= 0.3 is 0 Å². The maximum absolute atomic E-state index is 12.7. The molecule has 0 radical (unpaired) electrons. The van der Waals surface area contributed by atoms with Gasteiger partial charge in [0.05, 0.1) is 6.42 Å². The number of amides is 1. The van der Waals surface area contributed by atoms with E-state index in [9.17, 15) is 4.79 Å². The topological polar surface area (TPSA) is 84.2 Å². The summed E-state index contributed by atoms with van der Waals surface area (Å²) in [6.45, 7) is 8.72. The Bertz CT molecular complexity index is 986. The lowest BCUT2D eigenvalue weighted by molar-refractivity contribution is -0.120. The average Bonchev–Trinajstić information content (AvgIpc) is 3.12. The molecule has 0 fully saturated rings. The molecule has 0 saturated heterocycles. The van der Waals surface area contributed by atoms with Gasteiger partial charge < -0.3 is 10.6 Å². The zero-order valence-corrected chi connectivity index (χ0v) is 18.4. The molecule has 3 aromatic rings. The van der Waals surface area contributed by atoms with Crippen molar-refractivity contribution in [1.29, 1.82) is 0 Å². The number of carbonyl (C=O) groups is 1. The minimum Gasteiger partial charge on any atom is -0.380 e. The Morgan fingerprint density at radius 1 is 1.17 bits per heavy atom. The molecule has 1 atom stereocenters. The van der Waals surface area contributed by atoms with Crippen LogP contribution in [0.25, 0.3) is 5.78 Å². The second-order valence-electron chi connectivity index (χ2n) is 7.41. The molecule has 0 spiro atoms. The molecule has 0 saturated carbocycles. The molecule has 2 N–H and O–H groups in total. The van der Waals surface area contributed by atoms with Gasteiger partial charge in [-0.25, -0.2) is 9.50 Å². The van der Waals surface area contributed by atoms with Gasteiger partial charge in [-0.2, -0.15) is 4.98 Å². The van der Waals surface area contributed by atoms with Gasteiger partial charge in [-0.15, -0.1) is 5.10 Å². The number of thioether (sulfide) groups is 1. The number of benzene rings is 1. The van der Waals surface area contributed by atoms with Crippen LogP contribution in [0.2, 0.25) is 0 Å². The van der Waals surface area contributed by atoms with Crippen LogP contribution in [0, 0.1) is 19.8 Å². The lowest BCUT2D eigenvalue weighted by Crippen LogP contribution is -2.40. The van der Waals surface area contributed by atoms with E-state index in [1.54, 1.807) is 4.52 Å². The van der Waals surface area contributed by atoms with Gasteiger partial charge in [-0.1, -0.05) is 43.8 Å². The predicted octanol–water partition coefficient (Wildman–Crippen LogP) is 3.26. The molecule has 0 aliphatic heterocycles. The number of nitrogens with one attached hydrogen (secondary N) is 2. The fourth-order valence-corrected chi connectivity index (χ4v) is 3.52. The summed E-state index contributed by atoms with van der Waals surface area (Å²) in [6.07, 6.45) is 2.20. The first kappa shape index (κ1) is 21.1. The Labute approximate surface area is 175 Å². The van der Waals surface area contributed by atoms with Gasteiger partial charge in [0.2, 0.25) is 11.1 Å². The predicted molar refractivity (Wildman–Crippen MR) is 117 cm³/mol. The van der Waals surface area contributed by atoms with E-state index in [2.05, 4.69) is 39.5 Å². The van der Waals surface area contributed by atoms with E-state index in [0.29, 0.717) is 23.4 Å². The number of carbonyl (C=O) groups excluding carboxylic acids is 1. The van der Waals surface area contributed by atoms with Crippen LogP contribution >= 0.6 is 11.8 Å². The van der Waals surface area contributed by atoms with E-state index in [4.69, 9.17) is 0 Å². The van der Waals surface area contributed by atoms with Crippen molar-refractivity contribution in [1.82, 2.24) is 24.9 Å². The Morgan fingerprint density at radius 2 is 1.90 bits per heavy atom. The summed E-state index contributed by atoms with van der Waals surface area (Å²) in [6, 6.07) is 10.2. The Balaban J connectivity index is 1.68. The fourth-order valence-electron chi connectivity index (χ4n) is 3.18. The molecule has 3 rings (SSSR count). The third-order valence-corrected chi connectivity index (χ3v) is 5.54. The smallest absolute Gasteiger partial charge is 0.253 e. The number of para-hydroxylation sites is 1. The van der Waals surface area contributed by atoms with Gasteiger partial charge in [0.1, 0.15) is 0 Å². The van der Waals surface area contributed by atoms with Gasteiger partial charge in [0.25, 0.3) is 5.78 Å². The highest BCUT2D eigenvalue weighted by Crippen LogP contribution is 2.17. The molecule has 0 aliphatic carbocycles. The molecule has 7 nitrogen and oxygen atoms in total. The van der Waals surface area contributed by atoms with Gasteiger partial charge in [0, 0.05) is 35.2 Å². The summed E-state index contributed by atoms with van der Waals surface area (Å²) in [7, 11) is 0. The maximum atomic E-state index is 12.7. The molecule has 1 amide bonds. The first-order valence-corrected chi connectivity index (χ1v) is 11.0. The van der Waals surface area contributed by atoms with Gasteiger partial charge in [0.15, 0.2) is 0 Å². The minimum atomic E-state index is -0.0249. The lowest BCUT2D eigenvalue weighted by Gasteiger charge is -2.24. The molecule has 154 valence electrons. The molecular weight excluding hydrogens is 384 g/mol. The van der Waals surface area contributed by atoms with E-state index >= 15 is 0 Å². The van der Waals surface area contributed by atoms with Crippen LogP contribution in [0.5, 0.6) is 0 Å². The van der Waals surface area contributed by atoms with E-state index < -0.39 is 0 Å². The van der Waals surface area contributed by atoms with E-state index in [1.807, 2.05) is 50.4 Å². The molecular formula is C21H28N6OS. The highest BCUT2D eigenvalue weighted by Gasteiger charge is 2.18. The van der Waals surface area contributed by atoms with Crippen molar-refractivity contribution >= 4 is 29.1 Å². The maximum Gasteiger partial charge on any atom is 0.253 e. The largest absolute Gasteiger partial charge is 0.380 e. The van der Waals surface area contributed by atoms with E-state index in [1.165, 1.54) is 11.8 Å². The fraction of sp³-hybridized carbons (Fsp3) is 0.429. The molecule has 1 unspecified atom stereocenters. The summed E-state index contributed by atoms with van der Waals surface area (Å²) in [5.74, 6) is 0.917. The van der Waals surface area contributed by atoms with Crippen molar-refractivity contribution in [3.63, 3.8) is 0 Å². The van der Waals surface area contributed by atoms with Crippen LogP contribution in [-0.4, -0.2) is 44.3 Å². The number of fused-ring (bicyclic) bond motifs is 1. The summed E-state index contributed by atoms with van der Waals surface area (Å²) in [4.78, 5) is 21.6. The summed E-state index contributed by atoms with van der Waals surface area (Å²) >= 11 is 1.47. The van der Waals surface area contributed by atoms with Crippen LogP contribution in [0.3, 0.4) is 0 Å². The van der Waals surface area contributed by atoms with E-state index in [-0.39, 0.29) is 18.4 Å². The van der Waals surface area contributed by atoms with Gasteiger partial charge in [-0.3, -0.25) is 4.79 Å². The molecule has 0 bridgehead atoms. The van der Waals surface area contributed by atoms with Crippen molar-refractivity contribution in [2.45, 2.75) is 45.3 Å². The highest BCUT2D eigenvalue weighted by molar-refractivity contribution is 7.98. The molecule has 1 aromatic carbocycles. The zero-order chi connectivity index (χ0) is 21.0. The second-order valence-corrected chi connectivity index (χ2v) is 8.19. The number of nitrogens with zero attached hydrogens (tertiary/aromatic N) is 4. The van der Waals surface area contributed by atoms with Gasteiger partial charge in [-0.05, 0) is 38.2 Å². The standard InChI is InChI=1S/C21H28N6OS/c1-13(2)18(24-16-9-7-6-8-10-16)12-22-19(28)11-17-14(3)23-20-25-21(29-5)26-27(20)15(17)4/h6-10,13,18,24H,11-12H2,1-5H3,(H,22,28). The third kappa shape index (κ3) is 5.06. The summed E-state index contributed by atoms with van der Waals surface area (Å²) in [5.41, 5.74) is 3.66. The van der Waals surface area contributed by atoms with Crippen molar-refractivity contribution in [2.24, 2.45) is 5.92 Å². The minimum absolute atomic E-state index is 0.0249. The van der Waals surface area contributed by atoms with Crippen molar-refractivity contribution < 1.29 is 4.79 Å². The number of rotatable bonds is 8. The van der Waals surface area contributed by atoms with Crippen molar-refractivity contribution in [2.75, 3.05) is 18.1 Å². The Morgan fingerprint density at radius 3 is 2.55 bits per heavy atom. The number of hydrogen-bond donors (Lipinski definition) is 2. The second kappa shape index (κ2) is 9.26. The normalized spacial score (nSPS) is 12.3. The first-order valence-electron chi connectivity index (χ1n) is 9.74. The number of anilines is 1.